The van der Waals surface area contributed by atoms with Gasteiger partial charge in [0.1, 0.15) is 0 Å². The Hall–Kier alpha value is -3.65. The fourth-order valence-electron chi connectivity index (χ4n) is 3.66. The topological polar surface area (TPSA) is 75.3 Å². The lowest BCUT2D eigenvalue weighted by molar-refractivity contribution is -0.120. The average Bonchev–Trinajstić information content (AvgIpc) is 2.79. The molecule has 35 heavy (non-hydrogen) atoms. The number of nitrogens with one attached hydrogen (secondary N) is 2. The number of ketones is 1. The Morgan fingerprint density at radius 1 is 0.943 bits per heavy atom. The molecule has 3 aromatic carbocycles. The number of carbonyl (C=O) groups excluding carboxylic acids is 3. The Balaban J connectivity index is 2.04. The van der Waals surface area contributed by atoms with Crippen LogP contribution in [0.2, 0.25) is 5.02 Å². The quantitative estimate of drug-likeness (QED) is 0.331. The molecule has 9 heteroatoms. The van der Waals surface area contributed by atoms with Gasteiger partial charge in [-0.25, -0.2) is 0 Å². The van der Waals surface area contributed by atoms with Crippen molar-refractivity contribution in [1.29, 1.82) is 0 Å². The first kappa shape index (κ1) is 26.0. The summed E-state index contributed by atoms with van der Waals surface area (Å²) in [4.78, 5) is 37.4. The van der Waals surface area contributed by atoms with E-state index in [0.29, 0.717) is 29.0 Å². The number of hydrogen-bond acceptors (Lipinski definition) is 3. The van der Waals surface area contributed by atoms with E-state index in [1.54, 1.807) is 38.1 Å². The number of likely N-dealkylation sites (N-methyl/N-ethyl adjacent to an activating group) is 1. The fraction of sp³-hybridized carbons (Fsp3) is 0.192. The highest BCUT2D eigenvalue weighted by Gasteiger charge is 2.36. The smallest absolute Gasteiger partial charge is 0.355 e. The highest BCUT2D eigenvalue weighted by molar-refractivity contribution is 6.31. The lowest BCUT2D eigenvalue weighted by Gasteiger charge is -2.14. The number of fused-ring (bicyclic) bond motifs is 1. The lowest BCUT2D eigenvalue weighted by Crippen LogP contribution is -2.36. The van der Waals surface area contributed by atoms with Gasteiger partial charge in [0.15, 0.2) is 5.78 Å². The number of rotatable bonds is 7. The van der Waals surface area contributed by atoms with Gasteiger partial charge in [-0.3, -0.25) is 14.4 Å². The van der Waals surface area contributed by atoms with Crippen molar-refractivity contribution < 1.29 is 27.6 Å². The van der Waals surface area contributed by atoms with Gasteiger partial charge >= 0.3 is 6.18 Å². The van der Waals surface area contributed by atoms with E-state index in [2.05, 4.69) is 10.6 Å². The third-order valence-corrected chi connectivity index (χ3v) is 5.37. The van der Waals surface area contributed by atoms with Crippen LogP contribution in [0.1, 0.15) is 38.8 Å². The molecule has 2 amide bonds. The second kappa shape index (κ2) is 10.7. The van der Waals surface area contributed by atoms with Crippen LogP contribution in [0, 0.1) is 6.92 Å². The molecule has 0 aliphatic heterocycles. The highest BCUT2D eigenvalue weighted by atomic mass is 35.5. The molecule has 182 valence electrons. The number of amides is 2. The standard InChI is InChI=1S/C26H22ClF3N2O3/c1-3-31-24(34)14-32-25(35)21-9-8-20(18-6-4-5-7-19(18)21)23(33)13-22(26(28,29)30)16-10-15(2)11-17(27)12-16/h4-13H,3,14H2,1-2H3,(H,31,34)(H,32,35). The molecular formula is C26H22ClF3N2O3. The molecule has 3 aromatic rings. The van der Waals surface area contributed by atoms with Crippen LogP contribution in [-0.4, -0.2) is 36.9 Å². The second-order valence-corrected chi connectivity index (χ2v) is 8.22. The fourth-order valence-corrected chi connectivity index (χ4v) is 3.95. The molecule has 0 aliphatic rings. The number of carbonyl (C=O) groups is 3. The number of halogens is 4. The third-order valence-electron chi connectivity index (χ3n) is 5.15. The van der Waals surface area contributed by atoms with E-state index in [1.807, 2.05) is 0 Å². The van der Waals surface area contributed by atoms with Crippen molar-refractivity contribution in [3.63, 3.8) is 0 Å². The van der Waals surface area contributed by atoms with Gasteiger partial charge in [0, 0.05) is 22.7 Å². The summed E-state index contributed by atoms with van der Waals surface area (Å²) in [6.07, 6.45) is -4.26. The van der Waals surface area contributed by atoms with E-state index in [-0.39, 0.29) is 34.2 Å². The maximum atomic E-state index is 13.9. The van der Waals surface area contributed by atoms with Gasteiger partial charge in [-0.05, 0) is 66.1 Å². The van der Waals surface area contributed by atoms with Gasteiger partial charge in [0.25, 0.3) is 5.91 Å². The van der Waals surface area contributed by atoms with Crippen molar-refractivity contribution in [3.05, 3.63) is 87.9 Å². The van der Waals surface area contributed by atoms with E-state index in [4.69, 9.17) is 11.6 Å². The first-order valence-electron chi connectivity index (χ1n) is 10.7. The van der Waals surface area contributed by atoms with Crippen LogP contribution in [0.25, 0.3) is 16.3 Å². The lowest BCUT2D eigenvalue weighted by atomic mass is 9.94. The molecule has 0 radical (unpaired) electrons. The van der Waals surface area contributed by atoms with Crippen LogP contribution in [0.3, 0.4) is 0 Å². The summed E-state index contributed by atoms with van der Waals surface area (Å²) in [5.74, 6) is -1.79. The normalized spacial score (nSPS) is 11.9. The van der Waals surface area contributed by atoms with Crippen LogP contribution < -0.4 is 10.6 Å². The van der Waals surface area contributed by atoms with Crippen LogP contribution in [-0.2, 0) is 4.79 Å². The average molecular weight is 503 g/mol. The first-order valence-corrected chi connectivity index (χ1v) is 11.1. The minimum Gasteiger partial charge on any atom is -0.355 e. The summed E-state index contributed by atoms with van der Waals surface area (Å²) in [6, 6.07) is 13.0. The van der Waals surface area contributed by atoms with Crippen molar-refractivity contribution in [1.82, 2.24) is 10.6 Å². The van der Waals surface area contributed by atoms with Gasteiger partial charge in [-0.15, -0.1) is 0 Å². The van der Waals surface area contributed by atoms with E-state index in [9.17, 15) is 27.6 Å². The van der Waals surface area contributed by atoms with Gasteiger partial charge in [-0.2, -0.15) is 13.2 Å². The number of benzene rings is 3. The second-order valence-electron chi connectivity index (χ2n) is 7.78. The summed E-state index contributed by atoms with van der Waals surface area (Å²) in [7, 11) is 0. The predicted octanol–water partition coefficient (Wildman–Crippen LogP) is 5.50. The van der Waals surface area contributed by atoms with Crippen molar-refractivity contribution >= 4 is 45.5 Å². The van der Waals surface area contributed by atoms with Crippen LogP contribution in [0.15, 0.2) is 60.7 Å². The zero-order valence-electron chi connectivity index (χ0n) is 18.9. The van der Waals surface area contributed by atoms with Crippen LogP contribution in [0.4, 0.5) is 13.2 Å². The molecule has 0 saturated heterocycles. The summed E-state index contributed by atoms with van der Waals surface area (Å²) in [6.45, 7) is 3.53. The first-order chi connectivity index (χ1) is 16.5. The van der Waals surface area contributed by atoms with E-state index in [1.165, 1.54) is 24.3 Å². The zero-order chi connectivity index (χ0) is 25.8. The predicted molar refractivity (Wildman–Crippen MR) is 130 cm³/mol. The van der Waals surface area contributed by atoms with Crippen molar-refractivity contribution in [3.8, 4) is 0 Å². The molecule has 0 atom stereocenters. The van der Waals surface area contributed by atoms with E-state index < -0.39 is 23.4 Å². The molecule has 3 rings (SSSR count). The molecule has 0 unspecified atom stereocenters. The Morgan fingerprint density at radius 3 is 2.17 bits per heavy atom. The monoisotopic (exact) mass is 502 g/mol. The molecule has 5 nitrogen and oxygen atoms in total. The molecule has 0 saturated carbocycles. The Kier molecular flexibility index (Phi) is 7.96. The largest absolute Gasteiger partial charge is 0.417 e. The maximum Gasteiger partial charge on any atom is 0.417 e. The molecule has 0 aliphatic carbocycles. The SMILES string of the molecule is CCNC(=O)CNC(=O)c1ccc(C(=O)C=C(c2cc(C)cc(Cl)c2)C(F)(F)F)c2ccccc12. The van der Waals surface area contributed by atoms with E-state index in [0.717, 1.165) is 6.07 Å². The minimum atomic E-state index is -4.80. The number of aryl methyl sites for hydroxylation is 1. The van der Waals surface area contributed by atoms with Crippen molar-refractivity contribution in [2.45, 2.75) is 20.0 Å². The molecule has 0 heterocycles. The summed E-state index contributed by atoms with van der Waals surface area (Å²) >= 11 is 5.94. The molecule has 0 bridgehead atoms. The number of hydrogen-bond donors (Lipinski definition) is 2. The highest BCUT2D eigenvalue weighted by Crippen LogP contribution is 2.36. The molecule has 2 N–H and O–H groups in total. The zero-order valence-corrected chi connectivity index (χ0v) is 19.7. The Morgan fingerprint density at radius 2 is 1.57 bits per heavy atom. The van der Waals surface area contributed by atoms with E-state index >= 15 is 0 Å². The minimum absolute atomic E-state index is 0.00127. The summed E-state index contributed by atoms with van der Waals surface area (Å²) in [5.41, 5.74) is -0.640. The Bertz CT molecular complexity index is 1310. The Labute approximate surface area is 205 Å². The molecular weight excluding hydrogens is 481 g/mol. The van der Waals surface area contributed by atoms with Crippen LogP contribution >= 0.6 is 11.6 Å². The molecule has 0 aromatic heterocycles. The van der Waals surface area contributed by atoms with Gasteiger partial charge in [0.2, 0.25) is 5.91 Å². The van der Waals surface area contributed by atoms with Crippen LogP contribution in [0.5, 0.6) is 0 Å². The number of alkyl halides is 3. The van der Waals surface area contributed by atoms with Gasteiger partial charge in [0.05, 0.1) is 12.1 Å². The summed E-state index contributed by atoms with van der Waals surface area (Å²) < 4.78 is 41.7. The van der Waals surface area contributed by atoms with Crippen molar-refractivity contribution in [2.75, 3.05) is 13.1 Å². The molecule has 0 fully saturated rings. The van der Waals surface area contributed by atoms with Crippen molar-refractivity contribution in [2.24, 2.45) is 0 Å². The maximum absolute atomic E-state index is 13.9. The summed E-state index contributed by atoms with van der Waals surface area (Å²) in [5, 5.41) is 5.86. The molecule has 0 spiro atoms. The third kappa shape index (κ3) is 6.27. The number of allylic oxidation sites excluding steroid dienone is 2. The van der Waals surface area contributed by atoms with Gasteiger partial charge in [-0.1, -0.05) is 41.9 Å². The van der Waals surface area contributed by atoms with Gasteiger partial charge < -0.3 is 10.6 Å².